The van der Waals surface area contributed by atoms with Gasteiger partial charge in [-0.1, -0.05) is 78.9 Å². The number of amides is 1. The number of likely N-dealkylation sites (tertiary alicyclic amines) is 1. The lowest BCUT2D eigenvalue weighted by Crippen LogP contribution is -2.56. The molecule has 7 nitrogen and oxygen atoms in total. The summed E-state index contributed by atoms with van der Waals surface area (Å²) in [4.78, 5) is 47.0. The molecule has 42 heavy (non-hydrogen) atoms. The summed E-state index contributed by atoms with van der Waals surface area (Å²) in [5.74, 6) is -0.298. The number of ether oxygens (including phenoxy) is 1. The van der Waals surface area contributed by atoms with Crippen LogP contribution >= 0.6 is 0 Å². The molecule has 1 spiro atoms. The summed E-state index contributed by atoms with van der Waals surface area (Å²) < 4.78 is 5.86. The van der Waals surface area contributed by atoms with Crippen LogP contribution < -0.4 is 4.90 Å². The molecule has 2 aliphatic rings. The number of ketones is 1. The van der Waals surface area contributed by atoms with Crippen molar-refractivity contribution in [2.75, 3.05) is 31.2 Å². The molecular formula is C35H41N3O4. The van der Waals surface area contributed by atoms with E-state index < -0.39 is 23.2 Å². The van der Waals surface area contributed by atoms with Gasteiger partial charge in [0.25, 0.3) is 5.91 Å². The Labute approximate surface area is 249 Å². The summed E-state index contributed by atoms with van der Waals surface area (Å²) in [6.07, 6.45) is 2.56. The van der Waals surface area contributed by atoms with Gasteiger partial charge >= 0.3 is 5.97 Å². The van der Waals surface area contributed by atoms with Gasteiger partial charge in [-0.25, -0.2) is 4.79 Å². The molecule has 2 aliphatic heterocycles. The van der Waals surface area contributed by atoms with Crippen molar-refractivity contribution in [2.24, 2.45) is 0 Å². The third kappa shape index (κ3) is 6.41. The lowest BCUT2D eigenvalue weighted by atomic mass is 9.85. The van der Waals surface area contributed by atoms with Crippen LogP contribution in [0.5, 0.6) is 0 Å². The molecular weight excluding hydrogens is 526 g/mol. The van der Waals surface area contributed by atoms with Crippen LogP contribution in [-0.4, -0.2) is 64.9 Å². The lowest BCUT2D eigenvalue weighted by molar-refractivity contribution is -0.164. The highest BCUT2D eigenvalue weighted by molar-refractivity contribution is 5.97. The predicted molar refractivity (Wildman–Crippen MR) is 164 cm³/mol. The maximum atomic E-state index is 14.5. The fraction of sp³-hybridized carbons (Fsp3) is 0.400. The molecule has 5 rings (SSSR count). The zero-order valence-corrected chi connectivity index (χ0v) is 24.9. The minimum absolute atomic E-state index is 0.0371. The summed E-state index contributed by atoms with van der Waals surface area (Å²) in [5, 5.41) is 0. The van der Waals surface area contributed by atoms with Crippen molar-refractivity contribution in [3.8, 4) is 0 Å². The van der Waals surface area contributed by atoms with Crippen LogP contribution in [0.3, 0.4) is 0 Å². The molecule has 2 saturated heterocycles. The third-order valence-electron chi connectivity index (χ3n) is 8.25. The largest absolute Gasteiger partial charge is 0.458 e. The SMILES string of the molecule is CC(C)(C)OC(=O)[C@@H](c1ccccc1)N1CN(c2ccccc2)C2(CCN(CCCC(=O)c3ccccc3)CC2)C1=O. The molecule has 0 unspecified atom stereocenters. The Kier molecular flexibility index (Phi) is 8.78. The summed E-state index contributed by atoms with van der Waals surface area (Å²) in [7, 11) is 0. The van der Waals surface area contributed by atoms with E-state index >= 15 is 0 Å². The van der Waals surface area contributed by atoms with Gasteiger partial charge in [-0.15, -0.1) is 0 Å². The molecule has 0 saturated carbocycles. The molecule has 0 N–H and O–H groups in total. The summed E-state index contributed by atoms with van der Waals surface area (Å²) in [5.41, 5.74) is 1.02. The molecule has 0 bridgehead atoms. The van der Waals surface area contributed by atoms with Gasteiger partial charge < -0.3 is 19.4 Å². The maximum absolute atomic E-state index is 14.5. The topological polar surface area (TPSA) is 70.2 Å². The molecule has 1 amide bonds. The monoisotopic (exact) mass is 567 g/mol. The van der Waals surface area contributed by atoms with Crippen LogP contribution in [0.25, 0.3) is 0 Å². The van der Waals surface area contributed by atoms with Crippen LogP contribution in [-0.2, 0) is 14.3 Å². The van der Waals surface area contributed by atoms with Crippen molar-refractivity contribution >= 4 is 23.3 Å². The number of esters is 1. The van der Waals surface area contributed by atoms with E-state index in [9.17, 15) is 14.4 Å². The lowest BCUT2D eigenvalue weighted by Gasteiger charge is -2.43. The molecule has 3 aromatic rings. The molecule has 0 aliphatic carbocycles. The number of carbonyl (C=O) groups excluding carboxylic acids is 3. The number of piperidine rings is 1. The molecule has 7 heteroatoms. The zero-order valence-electron chi connectivity index (χ0n) is 24.9. The number of rotatable bonds is 9. The van der Waals surface area contributed by atoms with Gasteiger partial charge in [-0.2, -0.15) is 0 Å². The average molecular weight is 568 g/mol. The van der Waals surface area contributed by atoms with Gasteiger partial charge in [-0.3, -0.25) is 9.59 Å². The second kappa shape index (κ2) is 12.5. The van der Waals surface area contributed by atoms with Crippen LogP contribution in [0.15, 0.2) is 91.0 Å². The first kappa shape index (κ1) is 29.5. The molecule has 0 aromatic heterocycles. The fourth-order valence-electron chi connectivity index (χ4n) is 6.17. The van der Waals surface area contributed by atoms with Crippen LogP contribution in [0.1, 0.15) is 68.4 Å². The second-order valence-corrected chi connectivity index (χ2v) is 12.3. The predicted octanol–water partition coefficient (Wildman–Crippen LogP) is 5.87. The first-order valence-electron chi connectivity index (χ1n) is 14.9. The quantitative estimate of drug-likeness (QED) is 0.238. The van der Waals surface area contributed by atoms with Crippen molar-refractivity contribution in [2.45, 2.75) is 63.6 Å². The van der Waals surface area contributed by atoms with Gasteiger partial charge in [-0.05, 0) is 64.3 Å². The minimum atomic E-state index is -0.842. The number of para-hydroxylation sites is 1. The molecule has 0 radical (unpaired) electrons. The molecule has 3 aromatic carbocycles. The Morgan fingerprint density at radius 2 is 1.43 bits per heavy atom. The third-order valence-corrected chi connectivity index (χ3v) is 8.25. The van der Waals surface area contributed by atoms with Crippen molar-refractivity contribution in [3.63, 3.8) is 0 Å². The van der Waals surface area contributed by atoms with Crippen molar-refractivity contribution in [1.82, 2.24) is 9.80 Å². The Hall–Kier alpha value is -3.97. The first-order chi connectivity index (χ1) is 20.2. The van der Waals surface area contributed by atoms with Crippen LogP contribution in [0, 0.1) is 0 Å². The van der Waals surface area contributed by atoms with E-state index in [4.69, 9.17) is 4.74 Å². The van der Waals surface area contributed by atoms with Gasteiger partial charge in [0.05, 0.1) is 6.67 Å². The summed E-state index contributed by atoms with van der Waals surface area (Å²) >= 11 is 0. The average Bonchev–Trinajstić information content (AvgIpc) is 3.25. The van der Waals surface area contributed by atoms with E-state index in [2.05, 4.69) is 9.80 Å². The van der Waals surface area contributed by atoms with Crippen LogP contribution in [0.4, 0.5) is 5.69 Å². The highest BCUT2D eigenvalue weighted by atomic mass is 16.6. The summed E-state index contributed by atoms with van der Waals surface area (Å²) in [6, 6.07) is 28.0. The van der Waals surface area contributed by atoms with Crippen molar-refractivity contribution in [3.05, 3.63) is 102 Å². The minimum Gasteiger partial charge on any atom is -0.458 e. The van der Waals surface area contributed by atoms with Crippen molar-refractivity contribution < 1.29 is 19.1 Å². The van der Waals surface area contributed by atoms with Gasteiger partial charge in [0.2, 0.25) is 0 Å². The highest BCUT2D eigenvalue weighted by Gasteiger charge is 2.56. The smallest absolute Gasteiger partial charge is 0.334 e. The number of anilines is 1. The fourth-order valence-corrected chi connectivity index (χ4v) is 6.17. The number of hydrogen-bond donors (Lipinski definition) is 0. The Bertz CT molecular complexity index is 1360. The number of carbonyl (C=O) groups is 3. The van der Waals surface area contributed by atoms with E-state index in [0.29, 0.717) is 25.9 Å². The number of hydrogen-bond acceptors (Lipinski definition) is 6. The van der Waals surface area contributed by atoms with Gasteiger partial charge in [0, 0.05) is 30.8 Å². The summed E-state index contributed by atoms with van der Waals surface area (Å²) in [6.45, 7) is 8.13. The zero-order chi connectivity index (χ0) is 29.7. The molecule has 1 atom stereocenters. The van der Waals surface area contributed by atoms with E-state index in [1.165, 1.54) is 0 Å². The Balaban J connectivity index is 1.35. The Morgan fingerprint density at radius 1 is 0.857 bits per heavy atom. The standard InChI is InChI=1S/C35H41N3O4/c1-34(2,3)42-32(40)31(28-16-9-5-10-17-28)37-26-38(29-18-11-6-12-19-29)35(33(37)41)21-24-36(25-22-35)23-13-20-30(39)27-14-7-4-8-15-27/h4-12,14-19,31H,13,20-26H2,1-3H3/t31-/m1/s1. The van der Waals surface area contributed by atoms with Gasteiger partial charge in [0.1, 0.15) is 11.1 Å². The van der Waals surface area contributed by atoms with E-state index in [0.717, 1.165) is 42.9 Å². The normalized spacial score (nSPS) is 17.8. The maximum Gasteiger partial charge on any atom is 0.334 e. The molecule has 220 valence electrons. The van der Waals surface area contributed by atoms with Gasteiger partial charge in [0.15, 0.2) is 11.8 Å². The van der Waals surface area contributed by atoms with Crippen LogP contribution in [0.2, 0.25) is 0 Å². The number of benzene rings is 3. The first-order valence-corrected chi connectivity index (χ1v) is 14.9. The number of nitrogens with zero attached hydrogens (tertiary/aromatic N) is 3. The second-order valence-electron chi connectivity index (χ2n) is 12.3. The van der Waals surface area contributed by atoms with E-state index in [-0.39, 0.29) is 11.7 Å². The number of Topliss-reactive ketones (excluding diaryl/α,β-unsaturated/α-hetero) is 1. The van der Waals surface area contributed by atoms with E-state index in [1.54, 1.807) is 4.90 Å². The molecule has 2 fully saturated rings. The Morgan fingerprint density at radius 3 is 2.02 bits per heavy atom. The van der Waals surface area contributed by atoms with E-state index in [1.807, 2.05) is 112 Å². The highest BCUT2D eigenvalue weighted by Crippen LogP contribution is 2.43. The molecule has 2 heterocycles. The van der Waals surface area contributed by atoms with Crippen molar-refractivity contribution in [1.29, 1.82) is 0 Å².